The third-order valence-corrected chi connectivity index (χ3v) is 2.86. The number of aromatic nitrogens is 3. The Morgan fingerprint density at radius 1 is 1.50 bits per heavy atom. The van der Waals surface area contributed by atoms with Crippen molar-refractivity contribution in [3.05, 3.63) is 24.2 Å². The van der Waals surface area contributed by atoms with Gasteiger partial charge in [0.15, 0.2) is 5.82 Å². The van der Waals surface area contributed by atoms with Crippen molar-refractivity contribution in [2.45, 2.75) is 32.7 Å². The highest BCUT2D eigenvalue weighted by atomic mass is 16.5. The molecule has 5 nitrogen and oxygen atoms in total. The number of ether oxygens (including phenoxy) is 1. The summed E-state index contributed by atoms with van der Waals surface area (Å²) in [5, 5.41) is 7.82. The molecular weight excluding hydrogens is 228 g/mol. The summed E-state index contributed by atoms with van der Waals surface area (Å²) in [6, 6.07) is 2.32. The molecule has 2 aromatic rings. The van der Waals surface area contributed by atoms with Gasteiger partial charge in [0.1, 0.15) is 5.52 Å². The first-order valence-electron chi connectivity index (χ1n) is 6.31. The van der Waals surface area contributed by atoms with E-state index in [1.165, 1.54) is 0 Å². The van der Waals surface area contributed by atoms with Gasteiger partial charge in [0.2, 0.25) is 0 Å². The maximum atomic E-state index is 5.23. The minimum atomic E-state index is 0.286. The predicted molar refractivity (Wildman–Crippen MR) is 71.9 cm³/mol. The van der Waals surface area contributed by atoms with E-state index in [1.54, 1.807) is 13.3 Å². The van der Waals surface area contributed by atoms with Crippen LogP contribution in [0.1, 0.15) is 25.5 Å². The van der Waals surface area contributed by atoms with Crippen LogP contribution in [0, 0.1) is 6.92 Å². The Labute approximate surface area is 107 Å². The van der Waals surface area contributed by atoms with Crippen molar-refractivity contribution < 1.29 is 4.74 Å². The Bertz CT molecular complexity index is 503. The molecule has 0 aliphatic heterocycles. The van der Waals surface area contributed by atoms with Crippen LogP contribution in [0.5, 0.6) is 0 Å². The van der Waals surface area contributed by atoms with Gasteiger partial charge in [-0.1, -0.05) is 13.3 Å². The second-order valence-electron chi connectivity index (χ2n) is 4.48. The summed E-state index contributed by atoms with van der Waals surface area (Å²) in [5.41, 5.74) is 2.00. The van der Waals surface area contributed by atoms with E-state index in [4.69, 9.17) is 4.74 Å². The zero-order valence-electron chi connectivity index (χ0n) is 11.2. The quantitative estimate of drug-likeness (QED) is 0.852. The summed E-state index contributed by atoms with van der Waals surface area (Å²) in [5.74, 6) is 0.869. The van der Waals surface area contributed by atoms with E-state index in [-0.39, 0.29) is 6.04 Å². The van der Waals surface area contributed by atoms with Crippen LogP contribution >= 0.6 is 0 Å². The lowest BCUT2D eigenvalue weighted by atomic mass is 10.2. The summed E-state index contributed by atoms with van der Waals surface area (Å²) in [6.07, 6.45) is 5.79. The number of fused-ring (bicyclic) bond motifs is 1. The number of nitrogens with zero attached hydrogens (tertiary/aromatic N) is 3. The molecule has 98 valence electrons. The molecular formula is C13H20N4O. The topological polar surface area (TPSA) is 51.5 Å². The fourth-order valence-corrected chi connectivity index (χ4v) is 2.10. The highest BCUT2D eigenvalue weighted by Crippen LogP contribution is 2.16. The molecule has 0 fully saturated rings. The van der Waals surface area contributed by atoms with Gasteiger partial charge in [-0.3, -0.25) is 0 Å². The predicted octanol–water partition coefficient (Wildman–Crippen LogP) is 2.26. The fraction of sp³-hybridized carbons (Fsp3) is 0.538. The van der Waals surface area contributed by atoms with Crippen LogP contribution in [0.3, 0.4) is 0 Å². The van der Waals surface area contributed by atoms with Crippen LogP contribution in [0.4, 0.5) is 5.82 Å². The molecule has 2 rings (SSSR count). The molecule has 0 spiro atoms. The maximum Gasteiger partial charge on any atom is 0.152 e. The first-order chi connectivity index (χ1) is 8.74. The van der Waals surface area contributed by atoms with E-state index < -0.39 is 0 Å². The molecule has 18 heavy (non-hydrogen) atoms. The van der Waals surface area contributed by atoms with Crippen LogP contribution < -0.4 is 5.32 Å². The number of aryl methyl sites for hydroxylation is 1. The van der Waals surface area contributed by atoms with Crippen molar-refractivity contribution in [1.29, 1.82) is 0 Å². The average Bonchev–Trinajstić information content (AvgIpc) is 2.71. The zero-order chi connectivity index (χ0) is 13.0. The summed E-state index contributed by atoms with van der Waals surface area (Å²) in [7, 11) is 1.72. The Morgan fingerprint density at radius 3 is 3.06 bits per heavy atom. The molecule has 0 saturated carbocycles. The van der Waals surface area contributed by atoms with Gasteiger partial charge in [0.05, 0.1) is 18.3 Å². The highest BCUT2D eigenvalue weighted by Gasteiger charge is 2.11. The van der Waals surface area contributed by atoms with Crippen molar-refractivity contribution in [2.75, 3.05) is 19.0 Å². The third kappa shape index (κ3) is 2.79. The SMILES string of the molecule is CCCC(COC)Nc1nccn2nc(C)cc12. The van der Waals surface area contributed by atoms with Gasteiger partial charge in [-0.2, -0.15) is 5.10 Å². The molecule has 0 aromatic carbocycles. The second-order valence-corrected chi connectivity index (χ2v) is 4.48. The van der Waals surface area contributed by atoms with Gasteiger partial charge in [-0.05, 0) is 19.4 Å². The van der Waals surface area contributed by atoms with E-state index >= 15 is 0 Å². The second kappa shape index (κ2) is 5.82. The van der Waals surface area contributed by atoms with Crippen LogP contribution in [-0.4, -0.2) is 34.4 Å². The maximum absolute atomic E-state index is 5.23. The number of nitrogens with one attached hydrogen (secondary N) is 1. The van der Waals surface area contributed by atoms with Gasteiger partial charge in [-0.25, -0.2) is 9.50 Å². The van der Waals surface area contributed by atoms with Crippen LogP contribution in [-0.2, 0) is 4.74 Å². The van der Waals surface area contributed by atoms with E-state index in [2.05, 4.69) is 22.3 Å². The minimum absolute atomic E-state index is 0.286. The number of anilines is 1. The Kier molecular flexibility index (Phi) is 4.15. The Hall–Kier alpha value is -1.62. The van der Waals surface area contributed by atoms with Gasteiger partial charge >= 0.3 is 0 Å². The van der Waals surface area contributed by atoms with Gasteiger partial charge in [0, 0.05) is 19.5 Å². The van der Waals surface area contributed by atoms with E-state index in [9.17, 15) is 0 Å². The smallest absolute Gasteiger partial charge is 0.152 e. The summed E-state index contributed by atoms with van der Waals surface area (Å²) >= 11 is 0. The largest absolute Gasteiger partial charge is 0.383 e. The number of methoxy groups -OCH3 is 1. The Morgan fingerprint density at radius 2 is 2.33 bits per heavy atom. The minimum Gasteiger partial charge on any atom is -0.383 e. The molecule has 2 aromatic heterocycles. The van der Waals surface area contributed by atoms with Crippen molar-refractivity contribution >= 4 is 11.3 Å². The zero-order valence-corrected chi connectivity index (χ0v) is 11.2. The van der Waals surface area contributed by atoms with Crippen LogP contribution in [0.2, 0.25) is 0 Å². The lowest BCUT2D eigenvalue weighted by molar-refractivity contribution is 0.182. The molecule has 0 saturated heterocycles. The third-order valence-electron chi connectivity index (χ3n) is 2.86. The molecule has 0 aliphatic rings. The number of rotatable bonds is 6. The average molecular weight is 248 g/mol. The lowest BCUT2D eigenvalue weighted by Crippen LogP contribution is -2.25. The summed E-state index contributed by atoms with van der Waals surface area (Å²) in [4.78, 5) is 4.40. The van der Waals surface area contributed by atoms with E-state index in [0.717, 1.165) is 29.9 Å². The van der Waals surface area contributed by atoms with Crippen molar-refractivity contribution in [2.24, 2.45) is 0 Å². The van der Waals surface area contributed by atoms with Crippen LogP contribution in [0.25, 0.3) is 5.52 Å². The highest BCUT2D eigenvalue weighted by molar-refractivity contribution is 5.67. The van der Waals surface area contributed by atoms with Crippen LogP contribution in [0.15, 0.2) is 18.5 Å². The van der Waals surface area contributed by atoms with Crippen molar-refractivity contribution in [3.8, 4) is 0 Å². The first kappa shape index (κ1) is 12.8. The summed E-state index contributed by atoms with van der Waals surface area (Å²) in [6.45, 7) is 4.83. The molecule has 0 amide bonds. The molecule has 0 radical (unpaired) electrons. The molecule has 1 unspecified atom stereocenters. The van der Waals surface area contributed by atoms with E-state index in [1.807, 2.05) is 23.7 Å². The molecule has 0 aliphatic carbocycles. The normalized spacial score (nSPS) is 12.8. The van der Waals surface area contributed by atoms with Gasteiger partial charge in [-0.15, -0.1) is 0 Å². The molecule has 1 atom stereocenters. The molecule has 2 heterocycles. The van der Waals surface area contributed by atoms with Crippen molar-refractivity contribution in [1.82, 2.24) is 14.6 Å². The van der Waals surface area contributed by atoms with E-state index in [0.29, 0.717) is 6.61 Å². The van der Waals surface area contributed by atoms with Crippen molar-refractivity contribution in [3.63, 3.8) is 0 Å². The number of hydrogen-bond donors (Lipinski definition) is 1. The standard InChI is InChI=1S/C13H20N4O/c1-4-5-11(9-18-3)15-13-12-8-10(2)16-17(12)7-6-14-13/h6-8,11H,4-5,9H2,1-3H3,(H,14,15). The first-order valence-corrected chi connectivity index (χ1v) is 6.31. The molecule has 5 heteroatoms. The molecule has 1 N–H and O–H groups in total. The lowest BCUT2D eigenvalue weighted by Gasteiger charge is -2.18. The number of hydrogen-bond acceptors (Lipinski definition) is 4. The fourth-order valence-electron chi connectivity index (χ4n) is 2.10. The summed E-state index contributed by atoms with van der Waals surface area (Å²) < 4.78 is 7.08. The van der Waals surface area contributed by atoms with Gasteiger partial charge < -0.3 is 10.1 Å². The molecule has 0 bridgehead atoms. The monoisotopic (exact) mass is 248 g/mol. The van der Waals surface area contributed by atoms with Gasteiger partial charge in [0.25, 0.3) is 0 Å². The Balaban J connectivity index is 2.23.